The maximum Gasteiger partial charge on any atom is 0.262 e. The SMILES string of the molecule is CC[C@@H](C)c1ccc(OCC(=O)Nc2cccc(S(C)(=O)=O)c2)cc1. The third-order valence-electron chi connectivity index (χ3n) is 3.98. The molecule has 0 aliphatic heterocycles. The molecule has 0 radical (unpaired) electrons. The van der Waals surface area contributed by atoms with Gasteiger partial charge in [0.1, 0.15) is 5.75 Å². The standard InChI is InChI=1S/C19H23NO4S/c1-4-14(2)15-8-10-17(11-9-15)24-13-19(21)20-16-6-5-7-18(12-16)25(3,22)23/h5-12,14H,4,13H2,1-3H3,(H,20,21)/t14-/m1/s1. The molecule has 1 N–H and O–H groups in total. The molecular weight excluding hydrogens is 338 g/mol. The highest BCUT2D eigenvalue weighted by atomic mass is 32.2. The number of carbonyl (C=O) groups is 1. The average molecular weight is 361 g/mol. The van der Waals surface area contributed by atoms with E-state index in [-0.39, 0.29) is 17.4 Å². The summed E-state index contributed by atoms with van der Waals surface area (Å²) in [7, 11) is -3.31. The molecule has 0 saturated carbocycles. The quantitative estimate of drug-likeness (QED) is 0.817. The predicted molar refractivity (Wildman–Crippen MR) is 98.8 cm³/mol. The molecule has 1 atom stereocenters. The van der Waals surface area contributed by atoms with Crippen molar-refractivity contribution in [3.05, 3.63) is 54.1 Å². The lowest BCUT2D eigenvalue weighted by molar-refractivity contribution is -0.118. The Balaban J connectivity index is 1.93. The van der Waals surface area contributed by atoms with Crippen LogP contribution in [-0.4, -0.2) is 27.2 Å². The van der Waals surface area contributed by atoms with Crippen LogP contribution in [0.1, 0.15) is 31.7 Å². The van der Waals surface area contributed by atoms with Crippen molar-refractivity contribution in [2.24, 2.45) is 0 Å². The van der Waals surface area contributed by atoms with E-state index < -0.39 is 9.84 Å². The molecule has 0 aliphatic carbocycles. The minimum Gasteiger partial charge on any atom is -0.484 e. The first kappa shape index (κ1) is 19.0. The van der Waals surface area contributed by atoms with Crippen molar-refractivity contribution in [3.63, 3.8) is 0 Å². The second-order valence-corrected chi connectivity index (χ2v) is 8.03. The van der Waals surface area contributed by atoms with Crippen LogP contribution >= 0.6 is 0 Å². The van der Waals surface area contributed by atoms with Gasteiger partial charge in [-0.25, -0.2) is 8.42 Å². The number of amides is 1. The van der Waals surface area contributed by atoms with Crippen LogP contribution in [0.15, 0.2) is 53.4 Å². The molecule has 0 bridgehead atoms. The van der Waals surface area contributed by atoms with Crippen LogP contribution in [-0.2, 0) is 14.6 Å². The first-order valence-electron chi connectivity index (χ1n) is 8.12. The van der Waals surface area contributed by atoms with Gasteiger partial charge in [-0.3, -0.25) is 4.79 Å². The highest BCUT2D eigenvalue weighted by Gasteiger charge is 2.10. The van der Waals surface area contributed by atoms with Crippen molar-refractivity contribution >= 4 is 21.4 Å². The molecule has 0 saturated heterocycles. The first-order chi connectivity index (χ1) is 11.8. The molecule has 0 fully saturated rings. The minimum atomic E-state index is -3.31. The van der Waals surface area contributed by atoms with Gasteiger partial charge in [0.15, 0.2) is 16.4 Å². The predicted octanol–water partition coefficient (Wildman–Crippen LogP) is 3.62. The van der Waals surface area contributed by atoms with Gasteiger partial charge in [-0.05, 0) is 48.2 Å². The fraction of sp³-hybridized carbons (Fsp3) is 0.316. The Labute approximate surface area is 148 Å². The van der Waals surface area contributed by atoms with E-state index in [4.69, 9.17) is 4.74 Å². The van der Waals surface area contributed by atoms with E-state index in [1.54, 1.807) is 12.1 Å². The van der Waals surface area contributed by atoms with Crippen LogP contribution in [0.25, 0.3) is 0 Å². The van der Waals surface area contributed by atoms with E-state index in [2.05, 4.69) is 19.2 Å². The molecule has 0 aliphatic rings. The van der Waals surface area contributed by atoms with Gasteiger partial charge in [0, 0.05) is 11.9 Å². The Morgan fingerprint density at radius 2 is 1.84 bits per heavy atom. The zero-order chi connectivity index (χ0) is 18.4. The summed E-state index contributed by atoms with van der Waals surface area (Å²) in [5.41, 5.74) is 1.65. The molecule has 25 heavy (non-hydrogen) atoms. The van der Waals surface area contributed by atoms with Crippen molar-refractivity contribution in [3.8, 4) is 5.75 Å². The van der Waals surface area contributed by atoms with Crippen molar-refractivity contribution in [1.29, 1.82) is 0 Å². The van der Waals surface area contributed by atoms with E-state index >= 15 is 0 Å². The first-order valence-corrected chi connectivity index (χ1v) is 10.0. The van der Waals surface area contributed by atoms with Crippen LogP contribution in [0.4, 0.5) is 5.69 Å². The van der Waals surface area contributed by atoms with Gasteiger partial charge < -0.3 is 10.1 Å². The molecule has 1 amide bonds. The Morgan fingerprint density at radius 1 is 1.16 bits per heavy atom. The molecule has 0 heterocycles. The van der Waals surface area contributed by atoms with E-state index in [0.717, 1.165) is 12.7 Å². The minimum absolute atomic E-state index is 0.147. The summed E-state index contributed by atoms with van der Waals surface area (Å²) in [5.74, 6) is 0.753. The summed E-state index contributed by atoms with van der Waals surface area (Å²) in [4.78, 5) is 12.1. The lowest BCUT2D eigenvalue weighted by Crippen LogP contribution is -2.20. The number of hydrogen-bond donors (Lipinski definition) is 1. The van der Waals surface area contributed by atoms with Crippen molar-refractivity contribution in [2.75, 3.05) is 18.2 Å². The number of carbonyl (C=O) groups excluding carboxylic acids is 1. The molecule has 2 aromatic rings. The normalized spacial score (nSPS) is 12.4. The van der Waals surface area contributed by atoms with Gasteiger partial charge in [-0.2, -0.15) is 0 Å². The maximum atomic E-state index is 12.0. The molecule has 5 nitrogen and oxygen atoms in total. The molecule has 2 aromatic carbocycles. The highest BCUT2D eigenvalue weighted by molar-refractivity contribution is 7.90. The molecule has 0 unspecified atom stereocenters. The summed E-state index contributed by atoms with van der Waals surface area (Å²) in [6, 6.07) is 13.8. The van der Waals surface area contributed by atoms with Crippen LogP contribution in [0, 0.1) is 0 Å². The van der Waals surface area contributed by atoms with E-state index in [9.17, 15) is 13.2 Å². The Kier molecular flexibility index (Phi) is 6.20. The number of hydrogen-bond acceptors (Lipinski definition) is 4. The van der Waals surface area contributed by atoms with Gasteiger partial charge in [0.2, 0.25) is 0 Å². The van der Waals surface area contributed by atoms with Crippen molar-refractivity contribution < 1.29 is 17.9 Å². The Hall–Kier alpha value is -2.34. The molecule has 0 spiro atoms. The maximum absolute atomic E-state index is 12.0. The van der Waals surface area contributed by atoms with Gasteiger partial charge in [-0.15, -0.1) is 0 Å². The third kappa shape index (κ3) is 5.60. The van der Waals surface area contributed by atoms with Crippen LogP contribution in [0.5, 0.6) is 5.75 Å². The number of nitrogens with one attached hydrogen (secondary N) is 1. The number of ether oxygens (including phenoxy) is 1. The van der Waals surface area contributed by atoms with Gasteiger partial charge in [-0.1, -0.05) is 32.0 Å². The van der Waals surface area contributed by atoms with Crippen molar-refractivity contribution in [1.82, 2.24) is 0 Å². The van der Waals surface area contributed by atoms with E-state index in [1.807, 2.05) is 24.3 Å². The second-order valence-electron chi connectivity index (χ2n) is 6.02. The summed E-state index contributed by atoms with van der Waals surface area (Å²) >= 11 is 0. The molecular formula is C19H23NO4S. The van der Waals surface area contributed by atoms with Gasteiger partial charge >= 0.3 is 0 Å². The molecule has 2 rings (SSSR count). The smallest absolute Gasteiger partial charge is 0.262 e. The summed E-state index contributed by atoms with van der Waals surface area (Å²) in [6.45, 7) is 4.15. The van der Waals surface area contributed by atoms with Gasteiger partial charge in [0.05, 0.1) is 4.90 Å². The number of anilines is 1. The lowest BCUT2D eigenvalue weighted by atomic mass is 9.99. The number of rotatable bonds is 7. The highest BCUT2D eigenvalue weighted by Crippen LogP contribution is 2.21. The molecule has 6 heteroatoms. The van der Waals surface area contributed by atoms with E-state index in [0.29, 0.717) is 17.4 Å². The summed E-state index contributed by atoms with van der Waals surface area (Å²) in [5, 5.41) is 2.64. The Morgan fingerprint density at radius 3 is 2.44 bits per heavy atom. The molecule has 0 aromatic heterocycles. The zero-order valence-electron chi connectivity index (χ0n) is 14.7. The lowest BCUT2D eigenvalue weighted by Gasteiger charge is -2.11. The monoisotopic (exact) mass is 361 g/mol. The summed E-state index contributed by atoms with van der Waals surface area (Å²) in [6.07, 6.45) is 2.19. The molecule has 134 valence electrons. The number of sulfone groups is 1. The number of benzene rings is 2. The summed E-state index contributed by atoms with van der Waals surface area (Å²) < 4.78 is 28.6. The topological polar surface area (TPSA) is 72.5 Å². The van der Waals surface area contributed by atoms with E-state index in [1.165, 1.54) is 17.7 Å². The van der Waals surface area contributed by atoms with Gasteiger partial charge in [0.25, 0.3) is 5.91 Å². The second kappa shape index (κ2) is 8.16. The largest absolute Gasteiger partial charge is 0.484 e. The average Bonchev–Trinajstić information content (AvgIpc) is 2.59. The Bertz CT molecular complexity index is 829. The van der Waals surface area contributed by atoms with Crippen LogP contribution in [0.2, 0.25) is 0 Å². The van der Waals surface area contributed by atoms with Crippen molar-refractivity contribution in [2.45, 2.75) is 31.1 Å². The van der Waals surface area contributed by atoms with Crippen LogP contribution in [0.3, 0.4) is 0 Å². The fourth-order valence-electron chi connectivity index (χ4n) is 2.28. The fourth-order valence-corrected chi connectivity index (χ4v) is 2.95. The van der Waals surface area contributed by atoms with Crippen LogP contribution < -0.4 is 10.1 Å². The zero-order valence-corrected chi connectivity index (χ0v) is 15.5. The third-order valence-corrected chi connectivity index (χ3v) is 5.09.